The van der Waals surface area contributed by atoms with Gasteiger partial charge in [0.05, 0.1) is 0 Å². The largest absolute Gasteiger partial charge is 0.311 e. The van der Waals surface area contributed by atoms with Gasteiger partial charge in [-0.05, 0) is 115 Å². The van der Waals surface area contributed by atoms with Crippen LogP contribution >= 0.6 is 0 Å². The predicted octanol–water partition coefficient (Wildman–Crippen LogP) is 16.5. The van der Waals surface area contributed by atoms with Crippen LogP contribution in [0.15, 0.2) is 267 Å². The highest BCUT2D eigenvalue weighted by molar-refractivity contribution is 5.93. The van der Waals surface area contributed by atoms with E-state index in [9.17, 15) is 0 Å². The molecule has 0 unspecified atom stereocenters. The summed E-state index contributed by atoms with van der Waals surface area (Å²) in [5.74, 6) is 0. The van der Waals surface area contributed by atoms with Gasteiger partial charge in [-0.1, -0.05) is 237 Å². The number of anilines is 3. The van der Waals surface area contributed by atoms with Crippen LogP contribution in [0.2, 0.25) is 0 Å². The third-order valence-corrected chi connectivity index (χ3v) is 11.1. The Kier molecular flexibility index (Phi) is 12.7. The summed E-state index contributed by atoms with van der Waals surface area (Å²) in [5.41, 5.74) is 17.3. The van der Waals surface area contributed by atoms with Crippen LogP contribution < -0.4 is 4.90 Å². The maximum atomic E-state index is 2.34. The number of hydrogen-bond acceptors (Lipinski definition) is 1. The summed E-state index contributed by atoms with van der Waals surface area (Å²) < 4.78 is 0. The van der Waals surface area contributed by atoms with Crippen LogP contribution in [0.1, 0.15) is 50.1 Å². The Morgan fingerprint density at radius 3 is 0.794 bits per heavy atom. The van der Waals surface area contributed by atoms with Crippen LogP contribution in [0.3, 0.4) is 0 Å². The molecule has 0 aliphatic carbocycles. The Bertz CT molecular complexity index is 2690. The molecule has 9 aromatic rings. The van der Waals surface area contributed by atoms with E-state index in [-0.39, 0.29) is 0 Å². The van der Waals surface area contributed by atoms with E-state index in [1.54, 1.807) is 0 Å². The lowest BCUT2D eigenvalue weighted by molar-refractivity contribution is 1.28. The molecular weight excluding hydrogens is 759 g/mol. The highest BCUT2D eigenvalue weighted by Crippen LogP contribution is 2.37. The molecule has 0 saturated heterocycles. The first kappa shape index (κ1) is 40.2. The zero-order chi connectivity index (χ0) is 42.5. The molecule has 63 heavy (non-hydrogen) atoms. The fourth-order valence-electron chi connectivity index (χ4n) is 7.94. The molecule has 0 radical (unpaired) electrons. The molecule has 0 fully saturated rings. The van der Waals surface area contributed by atoms with Gasteiger partial charge in [0.1, 0.15) is 0 Å². The van der Waals surface area contributed by atoms with Crippen LogP contribution in [0.5, 0.6) is 0 Å². The molecule has 1 nitrogen and oxygen atoms in total. The van der Waals surface area contributed by atoms with Crippen LogP contribution in [0, 0.1) is 0 Å². The predicted molar refractivity (Wildman–Crippen MR) is 270 cm³/mol. The second kappa shape index (κ2) is 19.9. The van der Waals surface area contributed by atoms with E-state index in [2.05, 4.69) is 290 Å². The maximum Gasteiger partial charge on any atom is 0.0462 e. The van der Waals surface area contributed by atoms with Gasteiger partial charge in [-0.15, -0.1) is 0 Å². The molecule has 0 amide bonds. The summed E-state index contributed by atoms with van der Waals surface area (Å²) in [6.07, 6.45) is 11.1. The number of hydrogen-bond donors (Lipinski definition) is 0. The van der Waals surface area contributed by atoms with Crippen molar-refractivity contribution in [3.8, 4) is 0 Å². The molecule has 0 bridgehead atoms. The Labute approximate surface area is 372 Å². The van der Waals surface area contributed by atoms with Crippen molar-refractivity contribution in [1.82, 2.24) is 0 Å². The van der Waals surface area contributed by atoms with E-state index in [0.717, 1.165) is 33.8 Å². The average molecular weight is 806 g/mol. The highest BCUT2D eigenvalue weighted by Gasteiger charge is 2.14. The van der Waals surface area contributed by atoms with Gasteiger partial charge in [0, 0.05) is 17.1 Å². The van der Waals surface area contributed by atoms with Crippen molar-refractivity contribution in [3.05, 3.63) is 317 Å². The van der Waals surface area contributed by atoms with Gasteiger partial charge in [0.25, 0.3) is 0 Å². The molecular formula is C62H47N. The van der Waals surface area contributed by atoms with Crippen molar-refractivity contribution >= 4 is 52.0 Å². The molecule has 0 aliphatic rings. The van der Waals surface area contributed by atoms with Gasteiger partial charge >= 0.3 is 0 Å². The molecule has 0 heterocycles. The lowest BCUT2D eigenvalue weighted by atomic mass is 9.95. The number of allylic oxidation sites excluding steroid dienone is 2. The van der Waals surface area contributed by atoms with Crippen LogP contribution in [0.4, 0.5) is 17.1 Å². The first-order chi connectivity index (χ1) is 31.2. The van der Waals surface area contributed by atoms with E-state index in [1.165, 1.54) is 50.1 Å². The normalized spacial score (nSPS) is 10.8. The summed E-state index contributed by atoms with van der Waals surface area (Å²) >= 11 is 0. The first-order valence-corrected chi connectivity index (χ1v) is 21.5. The molecule has 0 aromatic heterocycles. The van der Waals surface area contributed by atoms with Crippen molar-refractivity contribution < 1.29 is 0 Å². The van der Waals surface area contributed by atoms with Gasteiger partial charge in [0.15, 0.2) is 0 Å². The van der Waals surface area contributed by atoms with Crippen molar-refractivity contribution in [3.63, 3.8) is 0 Å². The summed E-state index contributed by atoms with van der Waals surface area (Å²) in [6, 6.07) is 90.2. The van der Waals surface area contributed by atoms with E-state index >= 15 is 0 Å². The van der Waals surface area contributed by atoms with Crippen molar-refractivity contribution in [2.24, 2.45) is 0 Å². The molecule has 0 aliphatic heterocycles. The standard InChI is InChI=1S/C62H47N/c1-7-21-51(22-8-1)60(52-23-9-2-10-24-52)33-19-20-48-34-40-57(41-35-48)63(58-42-36-49(37-43-58)46-61(53-25-11-3-12-26-53)54-27-13-4-14-28-54)59-44-38-50(39-45-59)47-62(55-29-15-5-16-30-55)56-31-17-6-18-32-56/h1-47H. The maximum absolute atomic E-state index is 2.34. The SMILES string of the molecule is C(=Cc1ccc(N(c2ccc(C=C(c3ccccc3)c3ccccc3)cc2)c2ccc(C=C(c3ccccc3)c3ccccc3)cc2)cc1)C=C(c1ccccc1)c1ccccc1. The molecule has 9 rings (SSSR count). The molecule has 300 valence electrons. The monoisotopic (exact) mass is 805 g/mol. The molecule has 0 atom stereocenters. The molecule has 1 heteroatoms. The highest BCUT2D eigenvalue weighted by atomic mass is 15.1. The third-order valence-electron chi connectivity index (χ3n) is 11.1. The number of nitrogens with zero attached hydrogens (tertiary/aromatic N) is 1. The molecule has 9 aromatic carbocycles. The fourth-order valence-corrected chi connectivity index (χ4v) is 7.94. The Morgan fingerprint density at radius 1 is 0.254 bits per heavy atom. The second-order valence-electron chi connectivity index (χ2n) is 15.4. The Morgan fingerprint density at radius 2 is 0.508 bits per heavy atom. The zero-order valence-electron chi connectivity index (χ0n) is 35.1. The van der Waals surface area contributed by atoms with Gasteiger partial charge in [-0.3, -0.25) is 0 Å². The number of benzene rings is 9. The quantitative estimate of drug-likeness (QED) is 0.0829. The van der Waals surface area contributed by atoms with Gasteiger partial charge in [-0.2, -0.15) is 0 Å². The minimum atomic E-state index is 1.08. The van der Waals surface area contributed by atoms with Gasteiger partial charge in [-0.25, -0.2) is 0 Å². The molecule has 0 N–H and O–H groups in total. The third kappa shape index (κ3) is 10.0. The van der Waals surface area contributed by atoms with Gasteiger partial charge < -0.3 is 4.90 Å². The summed E-state index contributed by atoms with van der Waals surface area (Å²) in [6.45, 7) is 0. The van der Waals surface area contributed by atoms with Crippen LogP contribution in [-0.4, -0.2) is 0 Å². The lowest BCUT2D eigenvalue weighted by Gasteiger charge is -2.26. The van der Waals surface area contributed by atoms with E-state index < -0.39 is 0 Å². The lowest BCUT2D eigenvalue weighted by Crippen LogP contribution is -2.09. The van der Waals surface area contributed by atoms with Crippen molar-refractivity contribution in [2.45, 2.75) is 0 Å². The smallest absolute Gasteiger partial charge is 0.0462 e. The fraction of sp³-hybridized carbons (Fsp3) is 0. The second-order valence-corrected chi connectivity index (χ2v) is 15.4. The van der Waals surface area contributed by atoms with E-state index in [1.807, 2.05) is 0 Å². The minimum Gasteiger partial charge on any atom is -0.311 e. The van der Waals surface area contributed by atoms with E-state index in [0.29, 0.717) is 0 Å². The molecule has 0 saturated carbocycles. The topological polar surface area (TPSA) is 3.24 Å². The van der Waals surface area contributed by atoms with E-state index in [4.69, 9.17) is 0 Å². The van der Waals surface area contributed by atoms with Crippen LogP contribution in [-0.2, 0) is 0 Å². The Balaban J connectivity index is 1.06. The molecule has 0 spiro atoms. The average Bonchev–Trinajstić information content (AvgIpc) is 3.37. The first-order valence-electron chi connectivity index (χ1n) is 21.5. The Hall–Kier alpha value is -8.26. The van der Waals surface area contributed by atoms with Crippen molar-refractivity contribution in [1.29, 1.82) is 0 Å². The van der Waals surface area contributed by atoms with Crippen molar-refractivity contribution in [2.75, 3.05) is 4.90 Å². The summed E-state index contributed by atoms with van der Waals surface area (Å²) in [4.78, 5) is 2.34. The zero-order valence-corrected chi connectivity index (χ0v) is 35.1. The van der Waals surface area contributed by atoms with Gasteiger partial charge in [0.2, 0.25) is 0 Å². The summed E-state index contributed by atoms with van der Waals surface area (Å²) in [7, 11) is 0. The minimum absolute atomic E-state index is 1.08. The van der Waals surface area contributed by atoms with Crippen LogP contribution in [0.25, 0.3) is 34.9 Å². The number of rotatable bonds is 13. The summed E-state index contributed by atoms with van der Waals surface area (Å²) in [5, 5.41) is 0.